The van der Waals surface area contributed by atoms with E-state index in [1.807, 2.05) is 0 Å². The number of nitrogens with one attached hydrogen (secondary N) is 1. The van der Waals surface area contributed by atoms with Gasteiger partial charge in [-0.1, -0.05) is 6.07 Å². The van der Waals surface area contributed by atoms with E-state index in [1.54, 1.807) is 30.3 Å². The number of phenolic OH excluding ortho intramolecular Hbond substituents is 1. The Kier molecular flexibility index (Phi) is 4.50. The molecule has 0 unspecified atom stereocenters. The van der Waals surface area contributed by atoms with Crippen LogP contribution in [0.4, 0.5) is 24.7 Å². The summed E-state index contributed by atoms with van der Waals surface area (Å²) < 4.78 is 47.4. The Balaban J connectivity index is 1.84. The summed E-state index contributed by atoms with van der Waals surface area (Å²) in [4.78, 5) is 8.09. The van der Waals surface area contributed by atoms with Gasteiger partial charge in [-0.3, -0.25) is 4.40 Å². The zero-order chi connectivity index (χ0) is 20.6. The van der Waals surface area contributed by atoms with E-state index < -0.39 is 11.9 Å². The van der Waals surface area contributed by atoms with Gasteiger partial charge in [0.1, 0.15) is 28.7 Å². The summed E-state index contributed by atoms with van der Waals surface area (Å²) in [5.41, 5.74) is -0.349. The lowest BCUT2D eigenvalue weighted by Crippen LogP contribution is -2.08. The summed E-state index contributed by atoms with van der Waals surface area (Å²) in [6, 6.07) is 14.0. The molecular weight excluding hydrogens is 385 g/mol. The van der Waals surface area contributed by atoms with Gasteiger partial charge in [-0.05, 0) is 48.5 Å². The molecule has 0 aliphatic heterocycles. The fourth-order valence-corrected chi connectivity index (χ4v) is 2.92. The first-order valence-electron chi connectivity index (χ1n) is 8.52. The number of pyridine rings is 2. The highest BCUT2D eigenvalue weighted by molar-refractivity contribution is 5.68. The monoisotopic (exact) mass is 400 g/mol. The van der Waals surface area contributed by atoms with Gasteiger partial charge in [-0.25, -0.2) is 9.97 Å². The maximum atomic E-state index is 13.7. The number of anilines is 2. The average molecular weight is 400 g/mol. The number of alkyl halides is 3. The van der Waals surface area contributed by atoms with Gasteiger partial charge in [0.2, 0.25) is 0 Å². The van der Waals surface area contributed by atoms with Crippen LogP contribution in [-0.2, 0) is 6.18 Å². The molecular formula is C20H15F3N4O2. The fraction of sp³-hybridized carbons (Fsp3) is 0.100. The second-order valence-corrected chi connectivity index (χ2v) is 6.18. The highest BCUT2D eigenvalue weighted by Crippen LogP contribution is 2.37. The Hall–Kier alpha value is -3.75. The Morgan fingerprint density at radius 2 is 1.76 bits per heavy atom. The van der Waals surface area contributed by atoms with Crippen molar-refractivity contribution in [1.82, 2.24) is 14.4 Å². The van der Waals surface area contributed by atoms with Crippen molar-refractivity contribution in [3.8, 4) is 22.9 Å². The molecule has 0 fully saturated rings. The molecule has 2 N–H and O–H groups in total. The van der Waals surface area contributed by atoms with Gasteiger partial charge in [0.05, 0.1) is 19.0 Å². The molecule has 0 bridgehead atoms. The summed E-state index contributed by atoms with van der Waals surface area (Å²) >= 11 is 0. The van der Waals surface area contributed by atoms with Gasteiger partial charge in [0.25, 0.3) is 0 Å². The van der Waals surface area contributed by atoms with Crippen LogP contribution in [0.2, 0.25) is 0 Å². The molecule has 29 heavy (non-hydrogen) atoms. The number of hydrogen-bond donors (Lipinski definition) is 2. The van der Waals surface area contributed by atoms with E-state index in [-0.39, 0.29) is 22.8 Å². The second-order valence-electron chi connectivity index (χ2n) is 6.18. The van der Waals surface area contributed by atoms with Gasteiger partial charge < -0.3 is 15.2 Å². The van der Waals surface area contributed by atoms with Gasteiger partial charge in [-0.15, -0.1) is 0 Å². The minimum atomic E-state index is -4.66. The highest BCUT2D eigenvalue weighted by Gasteiger charge is 2.38. The number of nitrogens with zero attached hydrogens (tertiary/aromatic N) is 3. The Morgan fingerprint density at radius 3 is 2.45 bits per heavy atom. The van der Waals surface area contributed by atoms with E-state index in [0.29, 0.717) is 17.3 Å². The third-order valence-electron chi connectivity index (χ3n) is 4.23. The molecule has 0 atom stereocenters. The maximum Gasteiger partial charge on any atom is 0.435 e. The van der Waals surface area contributed by atoms with E-state index in [2.05, 4.69) is 15.3 Å². The summed E-state index contributed by atoms with van der Waals surface area (Å²) in [6.45, 7) is 0. The number of aromatic hydroxyl groups is 1. The summed E-state index contributed by atoms with van der Waals surface area (Å²) in [5, 5.41) is 12.4. The van der Waals surface area contributed by atoms with Gasteiger partial charge >= 0.3 is 6.18 Å². The second kappa shape index (κ2) is 7.01. The van der Waals surface area contributed by atoms with Gasteiger partial charge in [-0.2, -0.15) is 13.2 Å². The van der Waals surface area contributed by atoms with E-state index in [9.17, 15) is 18.3 Å². The normalized spacial score (nSPS) is 11.6. The van der Waals surface area contributed by atoms with Crippen LogP contribution >= 0.6 is 0 Å². The Bertz CT molecular complexity index is 1170. The molecule has 6 nitrogen and oxygen atoms in total. The van der Waals surface area contributed by atoms with Crippen LogP contribution < -0.4 is 10.1 Å². The van der Waals surface area contributed by atoms with Crippen molar-refractivity contribution in [2.45, 2.75) is 6.18 Å². The zero-order valence-corrected chi connectivity index (χ0v) is 15.1. The van der Waals surface area contributed by atoms with Crippen LogP contribution in [0.15, 0.2) is 60.8 Å². The Labute approximate surface area is 163 Å². The summed E-state index contributed by atoms with van der Waals surface area (Å²) in [7, 11) is 1.43. The lowest BCUT2D eigenvalue weighted by Gasteiger charge is -2.11. The molecule has 0 spiro atoms. The fourth-order valence-electron chi connectivity index (χ4n) is 2.92. The molecule has 0 saturated carbocycles. The number of fused-ring (bicyclic) bond motifs is 1. The average Bonchev–Trinajstić information content (AvgIpc) is 3.09. The molecule has 0 saturated heterocycles. The van der Waals surface area contributed by atoms with Crippen molar-refractivity contribution in [1.29, 1.82) is 0 Å². The quantitative estimate of drug-likeness (QED) is 0.478. The number of phenols is 1. The minimum Gasteiger partial charge on any atom is -0.508 e. The zero-order valence-electron chi connectivity index (χ0n) is 15.1. The molecule has 4 aromatic rings. The van der Waals surface area contributed by atoms with Crippen molar-refractivity contribution in [2.24, 2.45) is 0 Å². The highest BCUT2D eigenvalue weighted by atomic mass is 19.4. The first kappa shape index (κ1) is 18.6. The van der Waals surface area contributed by atoms with Crippen molar-refractivity contribution < 1.29 is 23.0 Å². The molecule has 148 valence electrons. The van der Waals surface area contributed by atoms with Crippen LogP contribution in [0.25, 0.3) is 17.0 Å². The molecule has 0 radical (unpaired) electrons. The predicted octanol–water partition coefficient (Wildman–Crippen LogP) is 4.87. The predicted molar refractivity (Wildman–Crippen MR) is 101 cm³/mol. The van der Waals surface area contributed by atoms with Crippen molar-refractivity contribution >= 4 is 17.2 Å². The van der Waals surface area contributed by atoms with E-state index in [4.69, 9.17) is 4.74 Å². The molecule has 3 aromatic heterocycles. The smallest absolute Gasteiger partial charge is 0.435 e. The van der Waals surface area contributed by atoms with E-state index >= 15 is 0 Å². The number of ether oxygens (including phenoxy) is 1. The molecule has 9 heteroatoms. The van der Waals surface area contributed by atoms with Crippen molar-refractivity contribution in [3.05, 3.63) is 66.5 Å². The number of rotatable bonds is 4. The number of imidazole rings is 1. The Morgan fingerprint density at radius 1 is 1.00 bits per heavy atom. The molecule has 0 aliphatic rings. The molecule has 0 aliphatic carbocycles. The lowest BCUT2D eigenvalue weighted by atomic mass is 10.2. The SMILES string of the molecule is COc1ccc2nc(C(F)(F)F)c(-c3cccc(Nc4ccc(O)cc4)n3)n2c1. The lowest BCUT2D eigenvalue weighted by molar-refractivity contribution is -0.140. The third-order valence-corrected chi connectivity index (χ3v) is 4.23. The topological polar surface area (TPSA) is 71.7 Å². The number of aromatic nitrogens is 3. The van der Waals surface area contributed by atoms with Crippen molar-refractivity contribution in [3.63, 3.8) is 0 Å². The maximum absolute atomic E-state index is 13.7. The molecule has 1 aromatic carbocycles. The first-order chi connectivity index (χ1) is 13.8. The molecule has 3 heterocycles. The number of hydrogen-bond acceptors (Lipinski definition) is 5. The van der Waals surface area contributed by atoms with E-state index in [1.165, 1.54) is 42.0 Å². The van der Waals surface area contributed by atoms with Crippen molar-refractivity contribution in [2.75, 3.05) is 12.4 Å². The number of benzene rings is 1. The summed E-state index contributed by atoms with van der Waals surface area (Å²) in [6.07, 6.45) is -3.22. The van der Waals surface area contributed by atoms with Gasteiger partial charge in [0, 0.05) is 5.69 Å². The molecule has 0 amide bonds. The summed E-state index contributed by atoms with van der Waals surface area (Å²) in [5.74, 6) is 0.842. The minimum absolute atomic E-state index is 0.0989. The first-order valence-corrected chi connectivity index (χ1v) is 8.52. The van der Waals surface area contributed by atoms with Crippen LogP contribution in [0.5, 0.6) is 11.5 Å². The van der Waals surface area contributed by atoms with Gasteiger partial charge in [0.15, 0.2) is 5.69 Å². The van der Waals surface area contributed by atoms with Crippen LogP contribution in [0, 0.1) is 0 Å². The van der Waals surface area contributed by atoms with E-state index in [0.717, 1.165) is 0 Å². The largest absolute Gasteiger partial charge is 0.508 e. The van der Waals surface area contributed by atoms with Crippen LogP contribution in [0.1, 0.15) is 5.69 Å². The number of halogens is 3. The molecule has 4 rings (SSSR count). The number of methoxy groups -OCH3 is 1. The standard InChI is InChI=1S/C20H15F3N4O2/c1-29-14-9-10-17-26-19(20(21,22)23)18(27(17)11-14)15-3-2-4-16(25-15)24-12-5-7-13(28)8-6-12/h2-11,28H,1H3,(H,24,25). The van der Waals surface area contributed by atoms with Crippen LogP contribution in [0.3, 0.4) is 0 Å². The van der Waals surface area contributed by atoms with Crippen LogP contribution in [-0.4, -0.2) is 26.6 Å². The third kappa shape index (κ3) is 3.66.